The topological polar surface area (TPSA) is 42.7 Å². The average molecular weight is 351 g/mol. The zero-order chi connectivity index (χ0) is 17.4. The molecule has 5 heteroatoms. The van der Waals surface area contributed by atoms with Crippen molar-refractivity contribution in [3.05, 3.63) is 82.6 Å². The molecular formula is C20H19ClN4. The molecular weight excluding hydrogens is 332 g/mol. The Bertz CT molecular complexity index is 925. The van der Waals surface area contributed by atoms with Crippen LogP contribution in [0.2, 0.25) is 5.02 Å². The number of aromatic nitrogens is 3. The number of rotatable bonds is 3. The predicted molar refractivity (Wildman–Crippen MR) is 102 cm³/mol. The molecule has 1 aromatic heterocycles. The van der Waals surface area contributed by atoms with E-state index in [-0.39, 0.29) is 6.04 Å². The van der Waals surface area contributed by atoms with Crippen LogP contribution in [0.1, 0.15) is 42.5 Å². The highest BCUT2D eigenvalue weighted by atomic mass is 35.5. The van der Waals surface area contributed by atoms with Gasteiger partial charge in [0.1, 0.15) is 12.4 Å². The van der Waals surface area contributed by atoms with Crippen LogP contribution in [0.3, 0.4) is 0 Å². The molecule has 4 rings (SSSR count). The van der Waals surface area contributed by atoms with E-state index in [0.717, 1.165) is 22.8 Å². The van der Waals surface area contributed by atoms with E-state index in [2.05, 4.69) is 65.7 Å². The third kappa shape index (κ3) is 3.05. The van der Waals surface area contributed by atoms with Crippen LogP contribution in [0.5, 0.6) is 0 Å². The summed E-state index contributed by atoms with van der Waals surface area (Å²) >= 11 is 6.18. The molecule has 1 aliphatic heterocycles. The Kier molecular flexibility index (Phi) is 4.06. The van der Waals surface area contributed by atoms with E-state index in [0.29, 0.717) is 10.9 Å². The Morgan fingerprint density at radius 1 is 1.12 bits per heavy atom. The molecule has 0 aliphatic carbocycles. The van der Waals surface area contributed by atoms with Gasteiger partial charge < -0.3 is 5.32 Å². The predicted octanol–water partition coefficient (Wildman–Crippen LogP) is 5.11. The van der Waals surface area contributed by atoms with Gasteiger partial charge in [-0.05, 0) is 40.8 Å². The molecule has 1 aliphatic rings. The lowest BCUT2D eigenvalue weighted by atomic mass is 9.98. The smallest absolute Gasteiger partial charge is 0.226 e. The van der Waals surface area contributed by atoms with Gasteiger partial charge in [-0.15, -0.1) is 0 Å². The minimum Gasteiger partial charge on any atom is -0.324 e. The largest absolute Gasteiger partial charge is 0.324 e. The fourth-order valence-electron chi connectivity index (χ4n) is 3.08. The summed E-state index contributed by atoms with van der Waals surface area (Å²) in [5.41, 5.74) is 4.57. The van der Waals surface area contributed by atoms with E-state index < -0.39 is 0 Å². The van der Waals surface area contributed by atoms with Gasteiger partial charge in [0.15, 0.2) is 0 Å². The summed E-state index contributed by atoms with van der Waals surface area (Å²) < 4.78 is 1.87. The highest BCUT2D eigenvalue weighted by molar-refractivity contribution is 6.30. The summed E-state index contributed by atoms with van der Waals surface area (Å²) in [6.07, 6.45) is 3.73. The van der Waals surface area contributed by atoms with E-state index in [1.807, 2.05) is 22.9 Å². The van der Waals surface area contributed by atoms with Crippen molar-refractivity contribution in [1.82, 2.24) is 14.8 Å². The number of nitrogens with one attached hydrogen (secondary N) is 1. The molecule has 1 atom stereocenters. The van der Waals surface area contributed by atoms with Crippen LogP contribution in [0.25, 0.3) is 5.70 Å². The first kappa shape index (κ1) is 15.9. The van der Waals surface area contributed by atoms with E-state index in [4.69, 9.17) is 11.6 Å². The number of hydrogen-bond acceptors (Lipinski definition) is 3. The maximum Gasteiger partial charge on any atom is 0.226 e. The molecule has 0 radical (unpaired) electrons. The molecule has 2 heterocycles. The molecule has 0 fully saturated rings. The molecule has 0 amide bonds. The van der Waals surface area contributed by atoms with Crippen molar-refractivity contribution in [3.63, 3.8) is 0 Å². The molecule has 0 unspecified atom stereocenters. The fraction of sp³-hybridized carbons (Fsp3) is 0.200. The molecule has 0 saturated carbocycles. The average Bonchev–Trinajstić information content (AvgIpc) is 3.09. The molecule has 3 aromatic rings. The zero-order valence-corrected chi connectivity index (χ0v) is 14.9. The van der Waals surface area contributed by atoms with Gasteiger partial charge in [-0.25, -0.2) is 4.68 Å². The quantitative estimate of drug-likeness (QED) is 0.713. The van der Waals surface area contributed by atoms with Crippen LogP contribution in [0, 0.1) is 0 Å². The second-order valence-corrected chi connectivity index (χ2v) is 6.95. The number of nitrogens with zero attached hydrogens (tertiary/aromatic N) is 3. The van der Waals surface area contributed by atoms with Gasteiger partial charge in [-0.1, -0.05) is 61.8 Å². The first-order valence-corrected chi connectivity index (χ1v) is 8.74. The van der Waals surface area contributed by atoms with Gasteiger partial charge >= 0.3 is 0 Å². The van der Waals surface area contributed by atoms with Gasteiger partial charge in [0.25, 0.3) is 0 Å². The summed E-state index contributed by atoms with van der Waals surface area (Å²) in [4.78, 5) is 4.34. The number of benzene rings is 2. The Morgan fingerprint density at radius 3 is 2.64 bits per heavy atom. The lowest BCUT2D eigenvalue weighted by molar-refractivity contribution is 0.612. The number of hydrogen-bond donors (Lipinski definition) is 1. The lowest BCUT2D eigenvalue weighted by Crippen LogP contribution is -2.20. The summed E-state index contributed by atoms with van der Waals surface area (Å²) in [5, 5.41) is 8.46. The molecule has 25 heavy (non-hydrogen) atoms. The lowest BCUT2D eigenvalue weighted by Gasteiger charge is -2.24. The summed E-state index contributed by atoms with van der Waals surface area (Å²) in [7, 11) is 0. The Morgan fingerprint density at radius 2 is 1.92 bits per heavy atom. The number of anilines is 1. The molecule has 0 saturated heterocycles. The van der Waals surface area contributed by atoms with Crippen molar-refractivity contribution in [3.8, 4) is 0 Å². The maximum atomic E-state index is 6.18. The third-order valence-corrected chi connectivity index (χ3v) is 4.72. The van der Waals surface area contributed by atoms with Crippen LogP contribution < -0.4 is 5.32 Å². The number of allylic oxidation sites excluding steroid dienone is 1. The van der Waals surface area contributed by atoms with Crippen LogP contribution in [-0.4, -0.2) is 14.8 Å². The highest BCUT2D eigenvalue weighted by Crippen LogP contribution is 2.33. The van der Waals surface area contributed by atoms with Crippen molar-refractivity contribution in [2.24, 2.45) is 0 Å². The SMILES string of the molecule is CC(C)c1ccc(C2=C[C@@H](c3cccc(Cl)c3)n3ncnc3N2)cc1. The monoisotopic (exact) mass is 350 g/mol. The summed E-state index contributed by atoms with van der Waals surface area (Å²) in [6.45, 7) is 4.40. The molecule has 2 aromatic carbocycles. The van der Waals surface area contributed by atoms with Crippen molar-refractivity contribution in [2.45, 2.75) is 25.8 Å². The van der Waals surface area contributed by atoms with Crippen LogP contribution >= 0.6 is 11.6 Å². The molecule has 4 nitrogen and oxygen atoms in total. The van der Waals surface area contributed by atoms with Gasteiger partial charge in [0, 0.05) is 10.7 Å². The van der Waals surface area contributed by atoms with E-state index in [9.17, 15) is 0 Å². The number of fused-ring (bicyclic) bond motifs is 1. The van der Waals surface area contributed by atoms with Crippen LogP contribution in [-0.2, 0) is 0 Å². The Labute approximate surface area is 152 Å². The van der Waals surface area contributed by atoms with Gasteiger partial charge in [0.05, 0.1) is 0 Å². The normalized spacial score (nSPS) is 16.3. The second kappa shape index (κ2) is 6.37. The van der Waals surface area contributed by atoms with Crippen LogP contribution in [0.4, 0.5) is 5.95 Å². The first-order valence-electron chi connectivity index (χ1n) is 8.36. The van der Waals surface area contributed by atoms with E-state index in [1.165, 1.54) is 5.56 Å². The van der Waals surface area contributed by atoms with Gasteiger partial charge in [-0.3, -0.25) is 0 Å². The fourth-order valence-corrected chi connectivity index (χ4v) is 3.28. The third-order valence-electron chi connectivity index (χ3n) is 4.49. The zero-order valence-electron chi connectivity index (χ0n) is 14.1. The van der Waals surface area contributed by atoms with Crippen molar-refractivity contribution < 1.29 is 0 Å². The molecule has 126 valence electrons. The molecule has 0 bridgehead atoms. The Hall–Kier alpha value is -2.59. The minimum absolute atomic E-state index is 0.0442. The number of halogens is 1. The second-order valence-electron chi connectivity index (χ2n) is 6.51. The standard InChI is InChI=1S/C20H19ClN4/c1-13(2)14-6-8-15(9-7-14)18-11-19(16-4-3-5-17(21)10-16)25-20(24-18)22-12-23-25/h3-13,19H,1-2H3,(H,22,23,24)/t19-/m0/s1. The first-order chi connectivity index (χ1) is 12.1. The van der Waals surface area contributed by atoms with Gasteiger partial charge in [-0.2, -0.15) is 10.1 Å². The summed E-state index contributed by atoms with van der Waals surface area (Å²) in [6, 6.07) is 16.5. The highest BCUT2D eigenvalue weighted by Gasteiger charge is 2.23. The van der Waals surface area contributed by atoms with Crippen LogP contribution in [0.15, 0.2) is 60.9 Å². The molecule has 0 spiro atoms. The molecule has 1 N–H and O–H groups in total. The van der Waals surface area contributed by atoms with Crippen molar-refractivity contribution in [1.29, 1.82) is 0 Å². The minimum atomic E-state index is -0.0442. The van der Waals surface area contributed by atoms with Gasteiger partial charge in [0.2, 0.25) is 5.95 Å². The van der Waals surface area contributed by atoms with E-state index >= 15 is 0 Å². The Balaban J connectivity index is 1.76. The van der Waals surface area contributed by atoms with Crippen molar-refractivity contribution in [2.75, 3.05) is 5.32 Å². The summed E-state index contributed by atoms with van der Waals surface area (Å²) in [5.74, 6) is 1.25. The van der Waals surface area contributed by atoms with Crippen molar-refractivity contribution >= 4 is 23.2 Å². The van der Waals surface area contributed by atoms with E-state index in [1.54, 1.807) is 6.33 Å². The maximum absolute atomic E-state index is 6.18.